The van der Waals surface area contributed by atoms with Crippen LogP contribution in [0.25, 0.3) is 0 Å². The van der Waals surface area contributed by atoms with Crippen LogP contribution in [0.2, 0.25) is 0 Å². The number of ether oxygens (including phenoxy) is 1. The van der Waals surface area contributed by atoms with Crippen molar-refractivity contribution in [1.29, 1.82) is 0 Å². The Kier molecular flexibility index (Phi) is 3.96. The van der Waals surface area contributed by atoms with Gasteiger partial charge < -0.3 is 8.92 Å². The summed E-state index contributed by atoms with van der Waals surface area (Å²) in [5.74, 6) is 1.67. The molecule has 1 aromatic carbocycles. The summed E-state index contributed by atoms with van der Waals surface area (Å²) in [7, 11) is 0. The third kappa shape index (κ3) is 3.59. The maximum Gasteiger partial charge on any atom is 0.141 e. The molecule has 0 aromatic heterocycles. The fourth-order valence-electron chi connectivity index (χ4n) is 0.968. The molecule has 1 rings (SSSR count). The number of benzene rings is 1. The van der Waals surface area contributed by atoms with Gasteiger partial charge in [-0.2, -0.15) is 0 Å². The van der Waals surface area contributed by atoms with Gasteiger partial charge in [-0.1, -0.05) is 6.07 Å². The summed E-state index contributed by atoms with van der Waals surface area (Å²) in [5.41, 5.74) is 0. The maximum atomic E-state index is 5.51. The summed E-state index contributed by atoms with van der Waals surface area (Å²) in [6.07, 6.45) is 2.08. The van der Waals surface area contributed by atoms with E-state index in [1.54, 1.807) is 0 Å². The van der Waals surface area contributed by atoms with Crippen LogP contribution in [0.1, 0.15) is 13.8 Å². The van der Waals surface area contributed by atoms with E-state index in [1.165, 1.54) is 12.0 Å². The molecule has 0 amide bonds. The van der Waals surface area contributed by atoms with Gasteiger partial charge in [0, 0.05) is 12.3 Å². The van der Waals surface area contributed by atoms with Crippen molar-refractivity contribution < 1.29 is 8.92 Å². The summed E-state index contributed by atoms with van der Waals surface area (Å²) in [5, 5.41) is 0. The third-order valence-corrected chi connectivity index (χ3v) is 1.72. The van der Waals surface area contributed by atoms with E-state index in [0.29, 0.717) is 0 Å². The zero-order chi connectivity index (χ0) is 9.68. The molecule has 0 N–H and O–H groups in total. The standard InChI is InChI=1S/C10H14O2S/c1-8(2)11-9-5-4-6-10(7-9)12-13-3/h4-8H,1-3H3. The monoisotopic (exact) mass is 198 g/mol. The molecule has 0 aliphatic rings. The fourth-order valence-corrected chi connectivity index (χ4v) is 1.26. The lowest BCUT2D eigenvalue weighted by Crippen LogP contribution is -2.05. The predicted octanol–water partition coefficient (Wildman–Crippen LogP) is 3.13. The molecule has 0 heterocycles. The summed E-state index contributed by atoms with van der Waals surface area (Å²) >= 11 is 1.33. The molecule has 0 saturated heterocycles. The number of hydrogen-bond acceptors (Lipinski definition) is 3. The van der Waals surface area contributed by atoms with E-state index in [0.717, 1.165) is 11.5 Å². The first-order valence-corrected chi connectivity index (χ1v) is 5.34. The van der Waals surface area contributed by atoms with Crippen LogP contribution in [0.3, 0.4) is 0 Å². The molecular formula is C10H14O2S. The highest BCUT2D eigenvalue weighted by Gasteiger charge is 1.99. The Morgan fingerprint density at radius 3 is 2.54 bits per heavy atom. The van der Waals surface area contributed by atoms with Crippen molar-refractivity contribution in [3.63, 3.8) is 0 Å². The van der Waals surface area contributed by atoms with Crippen molar-refractivity contribution in [1.82, 2.24) is 0 Å². The maximum absolute atomic E-state index is 5.51. The van der Waals surface area contributed by atoms with Gasteiger partial charge in [-0.15, -0.1) is 0 Å². The minimum absolute atomic E-state index is 0.199. The largest absolute Gasteiger partial charge is 0.491 e. The van der Waals surface area contributed by atoms with Crippen LogP contribution in [0, 0.1) is 0 Å². The Hall–Kier alpha value is -0.830. The van der Waals surface area contributed by atoms with Crippen molar-refractivity contribution >= 4 is 12.0 Å². The van der Waals surface area contributed by atoms with Gasteiger partial charge in [-0.05, 0) is 26.0 Å². The van der Waals surface area contributed by atoms with Crippen molar-refractivity contribution in [2.45, 2.75) is 20.0 Å². The molecule has 0 bridgehead atoms. The molecule has 3 heteroatoms. The Labute approximate surface area is 83.5 Å². The highest BCUT2D eigenvalue weighted by atomic mass is 32.2. The zero-order valence-electron chi connectivity index (χ0n) is 8.11. The first-order valence-electron chi connectivity index (χ1n) is 4.19. The molecule has 0 saturated carbocycles. The predicted molar refractivity (Wildman–Crippen MR) is 56.3 cm³/mol. The second-order valence-corrected chi connectivity index (χ2v) is 3.39. The van der Waals surface area contributed by atoms with Crippen molar-refractivity contribution in [3.8, 4) is 11.5 Å². The van der Waals surface area contributed by atoms with Crippen LogP contribution in [0.15, 0.2) is 24.3 Å². The molecular weight excluding hydrogens is 184 g/mol. The lowest BCUT2D eigenvalue weighted by molar-refractivity contribution is 0.242. The van der Waals surface area contributed by atoms with Gasteiger partial charge in [0.05, 0.1) is 18.1 Å². The molecule has 0 fully saturated rings. The average Bonchev–Trinajstić information content (AvgIpc) is 2.04. The SMILES string of the molecule is CSOc1cccc(OC(C)C)c1. The molecule has 0 radical (unpaired) electrons. The van der Waals surface area contributed by atoms with Crippen LogP contribution >= 0.6 is 12.0 Å². The third-order valence-electron chi connectivity index (χ3n) is 1.36. The normalized spacial score (nSPS) is 10.2. The summed E-state index contributed by atoms with van der Waals surface area (Å²) < 4.78 is 10.8. The van der Waals surface area contributed by atoms with Gasteiger partial charge in [0.25, 0.3) is 0 Å². The van der Waals surface area contributed by atoms with Crippen LogP contribution in [-0.2, 0) is 0 Å². The number of rotatable bonds is 4. The fraction of sp³-hybridized carbons (Fsp3) is 0.400. The molecule has 2 nitrogen and oxygen atoms in total. The highest BCUT2D eigenvalue weighted by Crippen LogP contribution is 2.22. The Bertz CT molecular complexity index is 261. The van der Waals surface area contributed by atoms with E-state index in [1.807, 2.05) is 44.4 Å². The van der Waals surface area contributed by atoms with E-state index in [4.69, 9.17) is 8.92 Å². The van der Waals surface area contributed by atoms with Crippen LogP contribution in [0.4, 0.5) is 0 Å². The Morgan fingerprint density at radius 1 is 1.23 bits per heavy atom. The average molecular weight is 198 g/mol. The van der Waals surface area contributed by atoms with Gasteiger partial charge in [0.1, 0.15) is 11.5 Å². The lowest BCUT2D eigenvalue weighted by Gasteiger charge is -2.10. The molecule has 0 unspecified atom stereocenters. The molecule has 0 aliphatic carbocycles. The van der Waals surface area contributed by atoms with E-state index in [9.17, 15) is 0 Å². The van der Waals surface area contributed by atoms with E-state index >= 15 is 0 Å². The molecule has 0 aliphatic heterocycles. The summed E-state index contributed by atoms with van der Waals surface area (Å²) in [6, 6.07) is 7.64. The van der Waals surface area contributed by atoms with E-state index in [-0.39, 0.29) is 6.10 Å². The van der Waals surface area contributed by atoms with Gasteiger partial charge in [0.15, 0.2) is 0 Å². The van der Waals surface area contributed by atoms with Gasteiger partial charge in [-0.25, -0.2) is 0 Å². The lowest BCUT2D eigenvalue weighted by atomic mass is 10.3. The highest BCUT2D eigenvalue weighted by molar-refractivity contribution is 7.94. The van der Waals surface area contributed by atoms with Crippen molar-refractivity contribution in [2.75, 3.05) is 6.26 Å². The number of hydrogen-bond donors (Lipinski definition) is 0. The molecule has 13 heavy (non-hydrogen) atoms. The van der Waals surface area contributed by atoms with Gasteiger partial charge in [-0.3, -0.25) is 0 Å². The van der Waals surface area contributed by atoms with Crippen LogP contribution in [0.5, 0.6) is 11.5 Å². The second kappa shape index (κ2) is 5.02. The smallest absolute Gasteiger partial charge is 0.141 e. The van der Waals surface area contributed by atoms with E-state index in [2.05, 4.69) is 0 Å². The Balaban J connectivity index is 2.67. The topological polar surface area (TPSA) is 18.5 Å². The molecule has 1 aromatic rings. The second-order valence-electron chi connectivity index (χ2n) is 2.89. The van der Waals surface area contributed by atoms with Crippen LogP contribution in [-0.4, -0.2) is 12.4 Å². The quantitative estimate of drug-likeness (QED) is 0.692. The summed E-state index contributed by atoms with van der Waals surface area (Å²) in [6.45, 7) is 4.00. The molecule has 72 valence electrons. The Morgan fingerprint density at radius 2 is 1.92 bits per heavy atom. The minimum atomic E-state index is 0.199. The van der Waals surface area contributed by atoms with Crippen molar-refractivity contribution in [2.24, 2.45) is 0 Å². The van der Waals surface area contributed by atoms with E-state index < -0.39 is 0 Å². The van der Waals surface area contributed by atoms with Crippen LogP contribution < -0.4 is 8.92 Å². The zero-order valence-corrected chi connectivity index (χ0v) is 8.93. The summed E-state index contributed by atoms with van der Waals surface area (Å²) in [4.78, 5) is 0. The van der Waals surface area contributed by atoms with Gasteiger partial charge in [0.2, 0.25) is 0 Å². The molecule has 0 atom stereocenters. The minimum Gasteiger partial charge on any atom is -0.491 e. The first kappa shape index (κ1) is 10.3. The van der Waals surface area contributed by atoms with Gasteiger partial charge >= 0.3 is 0 Å². The van der Waals surface area contributed by atoms with Crippen molar-refractivity contribution in [3.05, 3.63) is 24.3 Å². The molecule has 0 spiro atoms. The first-order chi connectivity index (χ1) is 6.22.